The van der Waals surface area contributed by atoms with Crippen LogP contribution in [0, 0.1) is 6.92 Å². The third kappa shape index (κ3) is 3.59. The standard InChI is InChI=1S/C15H18N2O3S/c1-3-14(18)12-7-4-8-13(10-12)21(19,20)17-15-11(2)6-5-9-16-15/h4-10,14,18H,3H2,1-2H3,(H,16,17). The van der Waals surface area contributed by atoms with Crippen LogP contribution in [0.4, 0.5) is 5.82 Å². The molecule has 112 valence electrons. The van der Waals surface area contributed by atoms with Crippen LogP contribution in [0.2, 0.25) is 0 Å². The molecule has 0 saturated carbocycles. The van der Waals surface area contributed by atoms with Gasteiger partial charge < -0.3 is 5.11 Å². The molecule has 1 unspecified atom stereocenters. The molecule has 0 fully saturated rings. The van der Waals surface area contributed by atoms with E-state index < -0.39 is 16.1 Å². The van der Waals surface area contributed by atoms with Gasteiger partial charge in [-0.05, 0) is 42.7 Å². The zero-order valence-corrected chi connectivity index (χ0v) is 12.8. The first-order chi connectivity index (χ1) is 9.94. The van der Waals surface area contributed by atoms with Crippen LogP contribution in [0.5, 0.6) is 0 Å². The van der Waals surface area contributed by atoms with E-state index in [1.807, 2.05) is 6.92 Å². The second-order valence-corrected chi connectivity index (χ2v) is 6.45. The monoisotopic (exact) mass is 306 g/mol. The molecule has 5 nitrogen and oxygen atoms in total. The summed E-state index contributed by atoms with van der Waals surface area (Å²) < 4.78 is 27.2. The molecule has 0 aliphatic heterocycles. The van der Waals surface area contributed by atoms with E-state index >= 15 is 0 Å². The van der Waals surface area contributed by atoms with Crippen LogP contribution in [-0.2, 0) is 10.0 Å². The van der Waals surface area contributed by atoms with Crippen molar-refractivity contribution >= 4 is 15.8 Å². The van der Waals surface area contributed by atoms with E-state index in [2.05, 4.69) is 9.71 Å². The quantitative estimate of drug-likeness (QED) is 0.890. The number of nitrogens with zero attached hydrogens (tertiary/aromatic N) is 1. The molecule has 1 atom stereocenters. The topological polar surface area (TPSA) is 79.3 Å². The van der Waals surface area contributed by atoms with Gasteiger partial charge in [-0.2, -0.15) is 0 Å². The molecule has 2 aromatic rings. The number of hydrogen-bond donors (Lipinski definition) is 2. The lowest BCUT2D eigenvalue weighted by molar-refractivity contribution is 0.173. The number of rotatable bonds is 5. The maximum Gasteiger partial charge on any atom is 0.263 e. The van der Waals surface area contributed by atoms with Crippen LogP contribution in [-0.4, -0.2) is 18.5 Å². The first kappa shape index (κ1) is 15.5. The molecule has 21 heavy (non-hydrogen) atoms. The predicted molar refractivity (Wildman–Crippen MR) is 81.5 cm³/mol. The molecule has 0 radical (unpaired) electrons. The van der Waals surface area contributed by atoms with Gasteiger partial charge in [-0.25, -0.2) is 13.4 Å². The van der Waals surface area contributed by atoms with Gasteiger partial charge >= 0.3 is 0 Å². The van der Waals surface area contributed by atoms with Crippen molar-refractivity contribution in [2.24, 2.45) is 0 Å². The minimum atomic E-state index is -3.72. The maximum atomic E-state index is 12.4. The lowest BCUT2D eigenvalue weighted by Gasteiger charge is -2.12. The number of benzene rings is 1. The molecule has 0 spiro atoms. The smallest absolute Gasteiger partial charge is 0.263 e. The number of aliphatic hydroxyl groups excluding tert-OH is 1. The predicted octanol–water partition coefficient (Wildman–Crippen LogP) is 2.63. The number of sulfonamides is 1. The molecule has 0 bridgehead atoms. The second kappa shape index (κ2) is 6.24. The Balaban J connectivity index is 2.34. The molecular weight excluding hydrogens is 288 g/mol. The molecule has 2 N–H and O–H groups in total. The maximum absolute atomic E-state index is 12.4. The van der Waals surface area contributed by atoms with Gasteiger partial charge in [-0.3, -0.25) is 4.72 Å². The SMILES string of the molecule is CCC(O)c1cccc(S(=O)(=O)Nc2ncccc2C)c1. The van der Waals surface area contributed by atoms with E-state index in [4.69, 9.17) is 0 Å². The van der Waals surface area contributed by atoms with E-state index in [-0.39, 0.29) is 4.90 Å². The van der Waals surface area contributed by atoms with Crippen molar-refractivity contribution in [3.8, 4) is 0 Å². The van der Waals surface area contributed by atoms with Crippen molar-refractivity contribution in [3.05, 3.63) is 53.7 Å². The van der Waals surface area contributed by atoms with Crippen molar-refractivity contribution < 1.29 is 13.5 Å². The van der Waals surface area contributed by atoms with Gasteiger partial charge in [0.15, 0.2) is 0 Å². The van der Waals surface area contributed by atoms with Crippen LogP contribution < -0.4 is 4.72 Å². The average molecular weight is 306 g/mol. The van der Waals surface area contributed by atoms with Gasteiger partial charge in [0.1, 0.15) is 5.82 Å². The van der Waals surface area contributed by atoms with Gasteiger partial charge in [0.05, 0.1) is 11.0 Å². The van der Waals surface area contributed by atoms with Gasteiger partial charge in [0.2, 0.25) is 0 Å². The Hall–Kier alpha value is -1.92. The number of aliphatic hydroxyl groups is 1. The fourth-order valence-electron chi connectivity index (χ4n) is 1.90. The molecule has 1 heterocycles. The van der Waals surface area contributed by atoms with Crippen LogP contribution in [0.3, 0.4) is 0 Å². The van der Waals surface area contributed by atoms with Crippen molar-refractivity contribution in [1.82, 2.24) is 4.98 Å². The van der Waals surface area contributed by atoms with E-state index in [0.29, 0.717) is 17.8 Å². The van der Waals surface area contributed by atoms with Crippen LogP contribution in [0.25, 0.3) is 0 Å². The first-order valence-corrected chi connectivity index (χ1v) is 8.15. The Bertz CT molecular complexity index is 729. The van der Waals surface area contributed by atoms with Crippen molar-refractivity contribution in [2.45, 2.75) is 31.3 Å². The van der Waals surface area contributed by atoms with Crippen LogP contribution >= 0.6 is 0 Å². The fourth-order valence-corrected chi connectivity index (χ4v) is 3.04. The molecule has 1 aromatic heterocycles. The van der Waals surface area contributed by atoms with Crippen LogP contribution in [0.15, 0.2) is 47.5 Å². The fraction of sp³-hybridized carbons (Fsp3) is 0.267. The molecule has 0 aliphatic carbocycles. The Morgan fingerprint density at radius 1 is 1.29 bits per heavy atom. The number of anilines is 1. The molecule has 6 heteroatoms. The number of aryl methyl sites for hydroxylation is 1. The summed E-state index contributed by atoms with van der Waals surface area (Å²) in [4.78, 5) is 4.13. The Morgan fingerprint density at radius 3 is 2.71 bits per heavy atom. The summed E-state index contributed by atoms with van der Waals surface area (Å²) in [6, 6.07) is 9.82. The van der Waals surface area contributed by atoms with E-state index in [1.54, 1.807) is 31.2 Å². The number of aromatic nitrogens is 1. The highest BCUT2D eigenvalue weighted by Crippen LogP contribution is 2.22. The summed E-state index contributed by atoms with van der Waals surface area (Å²) in [6.45, 7) is 3.61. The summed E-state index contributed by atoms with van der Waals surface area (Å²) in [7, 11) is -3.72. The second-order valence-electron chi connectivity index (χ2n) is 4.77. The van der Waals surface area contributed by atoms with Gasteiger partial charge in [-0.15, -0.1) is 0 Å². The molecular formula is C15H18N2O3S. The van der Waals surface area contributed by atoms with Gasteiger partial charge in [-0.1, -0.05) is 25.1 Å². The van der Waals surface area contributed by atoms with Crippen molar-refractivity contribution in [3.63, 3.8) is 0 Å². The highest BCUT2D eigenvalue weighted by molar-refractivity contribution is 7.92. The summed E-state index contributed by atoms with van der Waals surface area (Å²) >= 11 is 0. The number of nitrogens with one attached hydrogen (secondary N) is 1. The highest BCUT2D eigenvalue weighted by atomic mass is 32.2. The molecule has 2 rings (SSSR count). The third-order valence-electron chi connectivity index (χ3n) is 3.18. The number of hydrogen-bond acceptors (Lipinski definition) is 4. The van der Waals surface area contributed by atoms with Gasteiger partial charge in [0, 0.05) is 6.20 Å². The summed E-state index contributed by atoms with van der Waals surface area (Å²) in [5, 5.41) is 9.83. The Labute approximate surface area is 124 Å². The molecule has 0 aliphatic rings. The van der Waals surface area contributed by atoms with E-state index in [1.165, 1.54) is 18.3 Å². The van der Waals surface area contributed by atoms with Gasteiger partial charge in [0.25, 0.3) is 10.0 Å². The molecule has 1 aromatic carbocycles. The zero-order chi connectivity index (χ0) is 15.5. The molecule has 0 amide bonds. The number of pyridine rings is 1. The summed E-state index contributed by atoms with van der Waals surface area (Å²) in [5.74, 6) is 0.305. The van der Waals surface area contributed by atoms with Crippen molar-refractivity contribution in [1.29, 1.82) is 0 Å². The summed E-state index contributed by atoms with van der Waals surface area (Å²) in [6.07, 6.45) is 1.38. The van der Waals surface area contributed by atoms with Crippen LogP contribution in [0.1, 0.15) is 30.6 Å². The van der Waals surface area contributed by atoms with E-state index in [0.717, 1.165) is 5.56 Å². The Kier molecular flexibility index (Phi) is 4.59. The highest BCUT2D eigenvalue weighted by Gasteiger charge is 2.17. The average Bonchev–Trinajstić information content (AvgIpc) is 2.49. The van der Waals surface area contributed by atoms with E-state index in [9.17, 15) is 13.5 Å². The minimum absolute atomic E-state index is 0.109. The Morgan fingerprint density at radius 2 is 2.05 bits per heavy atom. The molecule has 0 saturated heterocycles. The largest absolute Gasteiger partial charge is 0.388 e. The third-order valence-corrected chi connectivity index (χ3v) is 4.52. The lowest BCUT2D eigenvalue weighted by Crippen LogP contribution is -2.15. The summed E-state index contributed by atoms with van der Waals surface area (Å²) in [5.41, 5.74) is 1.32. The first-order valence-electron chi connectivity index (χ1n) is 6.66. The normalized spacial score (nSPS) is 12.9. The lowest BCUT2D eigenvalue weighted by atomic mass is 10.1. The minimum Gasteiger partial charge on any atom is -0.388 e. The van der Waals surface area contributed by atoms with Crippen molar-refractivity contribution in [2.75, 3.05) is 4.72 Å². The zero-order valence-electron chi connectivity index (χ0n) is 11.9.